The van der Waals surface area contributed by atoms with Crippen LogP contribution in [0.3, 0.4) is 0 Å². The summed E-state index contributed by atoms with van der Waals surface area (Å²) in [5, 5.41) is 0. The Morgan fingerprint density at radius 2 is 0.299 bits per heavy atom. The minimum Gasteiger partial charge on any atom is -0.344 e. The van der Waals surface area contributed by atoms with Gasteiger partial charge in [-0.05, 0) is 0 Å². The Labute approximate surface area is 865 Å². The van der Waals surface area contributed by atoms with E-state index in [0.717, 1.165) is 90.5 Å². The molecule has 14 nitrogen and oxygen atoms in total. The third-order valence-corrected chi connectivity index (χ3v) is 41.6. The predicted octanol–water partition coefficient (Wildman–Crippen LogP) is 28.8. The zero-order chi connectivity index (χ0) is 96.0. The van der Waals surface area contributed by atoms with E-state index in [1.807, 2.05) is 194 Å². The maximum absolute atomic E-state index is 7.01. The van der Waals surface area contributed by atoms with Crippen LogP contribution in [0.5, 0.6) is 46.0 Å². The van der Waals surface area contributed by atoms with Crippen molar-refractivity contribution in [1.82, 2.24) is 12.3 Å². The van der Waals surface area contributed by atoms with Crippen LogP contribution in [-0.2, 0) is 54.5 Å². The molecule has 0 aliphatic carbocycles. The second kappa shape index (κ2) is 56.4. The first-order valence-electron chi connectivity index (χ1n) is 44.8. The summed E-state index contributed by atoms with van der Waals surface area (Å²) in [6.07, 6.45) is 0. The van der Waals surface area contributed by atoms with E-state index in [9.17, 15) is 0 Å². The van der Waals surface area contributed by atoms with Gasteiger partial charge in [0.05, 0.1) is 0 Å². The van der Waals surface area contributed by atoms with E-state index in [0.29, 0.717) is 0 Å². The van der Waals surface area contributed by atoms with Crippen LogP contribution >= 0.6 is 0 Å². The number of rotatable bonds is 24. The minimum absolute atomic E-state index is 0. The molecule has 22 heteroatoms. The van der Waals surface area contributed by atoms with Gasteiger partial charge in [-0.25, -0.2) is 0 Å². The maximum Gasteiger partial charge on any atom is 0 e. The molecular formula is C112H150Ge8N2O12. The van der Waals surface area contributed by atoms with Crippen molar-refractivity contribution < 1.29 is 41.3 Å². The van der Waals surface area contributed by atoms with E-state index in [2.05, 4.69) is 319 Å². The molecule has 12 aromatic carbocycles. The Balaban J connectivity index is 0.000000534. The number of aryl methyl sites for hydroxylation is 8. The summed E-state index contributed by atoms with van der Waals surface area (Å²) in [4.78, 5) is 0. The second-order valence-electron chi connectivity index (χ2n) is 41.0. The molecule has 712 valence electrons. The van der Waals surface area contributed by atoms with Crippen LogP contribution < -0.4 is 42.4 Å². The molecule has 0 fully saturated rings. The van der Waals surface area contributed by atoms with Gasteiger partial charge in [0.15, 0.2) is 0 Å². The fourth-order valence-electron chi connectivity index (χ4n) is 13.2. The largest absolute Gasteiger partial charge is 0.344 e. The number of hydrogen-bond acceptors (Lipinski definition) is 14. The Morgan fingerprint density at radius 1 is 0.179 bits per heavy atom. The van der Waals surface area contributed by atoms with Crippen LogP contribution in [0.1, 0.15) is 255 Å². The van der Waals surface area contributed by atoms with Gasteiger partial charge in [-0.15, -0.1) is 0 Å². The summed E-state index contributed by atoms with van der Waals surface area (Å²) >= 11 is -16.5. The first-order valence-corrected chi connectivity index (χ1v) is 58.5. The summed E-state index contributed by atoms with van der Waals surface area (Å²) in [5.41, 5.74) is 17.1. The molecule has 0 aliphatic rings. The average molecular weight is 2300 g/mol. The molecule has 0 bridgehead atoms. The van der Waals surface area contributed by atoms with Gasteiger partial charge in [0.1, 0.15) is 0 Å². The van der Waals surface area contributed by atoms with E-state index in [4.69, 9.17) is 41.3 Å². The quantitative estimate of drug-likeness (QED) is 0.0545. The van der Waals surface area contributed by atoms with Crippen molar-refractivity contribution in [3.05, 3.63) is 380 Å². The van der Waals surface area contributed by atoms with E-state index < -0.39 is 93.6 Å². The zero-order valence-corrected chi connectivity index (χ0v) is 103. The first-order chi connectivity index (χ1) is 60.8. The van der Waals surface area contributed by atoms with Crippen molar-refractivity contribution in [2.75, 3.05) is 0 Å². The number of hydrogen-bond donors (Lipinski definition) is 2. The topological polar surface area (TPSA) is 181 Å². The smallest absolute Gasteiger partial charge is 0 e. The molecule has 16 radical (unpaired) electrons. The Morgan fingerprint density at radius 3 is 0.433 bits per heavy atom. The molecule has 0 atom stereocenters. The molecule has 12 rings (SSSR count). The van der Waals surface area contributed by atoms with E-state index in [1.54, 1.807) is 0 Å². The first kappa shape index (κ1) is 121. The van der Waals surface area contributed by atoms with Crippen LogP contribution in [-0.4, -0.2) is 129 Å². The molecule has 0 saturated heterocycles. The van der Waals surface area contributed by atoms with Crippen molar-refractivity contribution in [1.29, 1.82) is 0 Å². The van der Waals surface area contributed by atoms with Gasteiger partial charge in [0.2, 0.25) is 0 Å². The zero-order valence-electron chi connectivity index (χ0n) is 86.0. The molecular weight excluding hydrogens is 2150 g/mol. The fourth-order valence-corrected chi connectivity index (χ4v) is 35.5. The Kier molecular flexibility index (Phi) is 51.1. The van der Waals surface area contributed by atoms with Crippen LogP contribution in [0.15, 0.2) is 291 Å². The van der Waals surface area contributed by atoms with Crippen molar-refractivity contribution >= 4 is 129 Å². The molecule has 0 aliphatic heterocycles. The van der Waals surface area contributed by atoms with Gasteiger partial charge in [0, 0.05) is 35.2 Å². The molecule has 0 aromatic heterocycles. The summed E-state index contributed by atoms with van der Waals surface area (Å²) in [6.45, 7) is 69.6. The van der Waals surface area contributed by atoms with Gasteiger partial charge in [-0.2, -0.15) is 0 Å². The summed E-state index contributed by atoms with van der Waals surface area (Å²) in [5.74, 6) is 6.20. The molecule has 6 N–H and O–H groups in total. The minimum atomic E-state index is -3.43. The fraction of sp³-hybridized carbons (Fsp3) is 0.357. The van der Waals surface area contributed by atoms with Crippen LogP contribution in [0.2, 0.25) is 0 Å². The predicted molar refractivity (Wildman–Crippen MR) is 570 cm³/mol. The van der Waals surface area contributed by atoms with Crippen molar-refractivity contribution in [3.8, 4) is 46.0 Å². The molecule has 12 aromatic rings. The summed E-state index contributed by atoms with van der Waals surface area (Å²) in [6, 6.07) is 98.5. The number of benzene rings is 12. The normalized spacial score (nSPS) is 11.5. The van der Waals surface area contributed by atoms with Gasteiger partial charge < -0.3 is 12.3 Å². The van der Waals surface area contributed by atoms with E-state index in [-0.39, 0.29) is 90.8 Å². The Bertz CT molecular complexity index is 4770. The van der Waals surface area contributed by atoms with Gasteiger partial charge >= 0.3 is 680 Å². The van der Waals surface area contributed by atoms with Crippen molar-refractivity contribution in [2.45, 2.75) is 265 Å². The maximum atomic E-state index is 7.01. The van der Waals surface area contributed by atoms with Crippen LogP contribution in [0.25, 0.3) is 0 Å². The third kappa shape index (κ3) is 42.5. The molecule has 0 heterocycles. The Hall–Kier alpha value is -6.86. The van der Waals surface area contributed by atoms with E-state index >= 15 is 0 Å². The monoisotopic (exact) mass is 2310 g/mol. The molecule has 0 saturated carbocycles. The third-order valence-electron chi connectivity index (χ3n) is 20.3. The SMILES string of the molecule is Cc1ccc([O][Ge][O][Ge]([O]c2ccc(C)cc2C(C)(C)C)[O][Ge]([O]c2ccc(C)cc2C(C)(C)C)[O]c2ccc(C)cc2C(C)(C)C)c(C(C)(C)C)c1.Cc1ccc([O][Ge][O][Ge]([O]c2ccc(C)cc2C(C)(C)C)[O][Ge]([O]c2ccc(C)cc2C(C)(C)C)[O]c2ccc(C)cc2C(C)(C)C)c(C(C)(C)C)c1.N.N.[Ge].[Ge].c1ccccc1.c1ccccc1.c1ccccc1.c1ccccc1. The molecule has 0 amide bonds. The molecule has 0 unspecified atom stereocenters. The van der Waals surface area contributed by atoms with Crippen molar-refractivity contribution in [2.24, 2.45) is 0 Å². The molecule has 134 heavy (non-hydrogen) atoms. The van der Waals surface area contributed by atoms with Crippen molar-refractivity contribution in [3.63, 3.8) is 0 Å². The summed E-state index contributed by atoms with van der Waals surface area (Å²) in [7, 11) is 0. The second-order valence-corrected chi connectivity index (χ2v) is 59.9. The average Bonchev–Trinajstić information content (AvgIpc) is 0.796. The standard InChI is InChI=1S/2C44H60Ge3O6.4C6H6.2Ge.2H3N/c2*1-29-17-21-37(33(25-29)41(5,6)7)48-45-52-47(51-40-24-20-32(4)28-36(40)44(14,15)16)53-46(49-38-22-18-30(2)26-34(38)42(8,9)10)50-39-23-19-31(3)27-35(39)43(11,12)13;4*1-2-4-6-5-3-1;;;;/h2*17-28H,1-16H3;4*1-6H;;;2*1H3. The van der Waals surface area contributed by atoms with Crippen LogP contribution in [0, 0.1) is 55.4 Å². The van der Waals surface area contributed by atoms with E-state index in [1.165, 1.54) is 44.5 Å². The van der Waals surface area contributed by atoms with Gasteiger partial charge in [-0.3, -0.25) is 0 Å². The van der Waals surface area contributed by atoms with Crippen LogP contribution in [0.4, 0.5) is 0 Å². The summed E-state index contributed by atoms with van der Waals surface area (Å²) < 4.78 is 81.9. The molecule has 0 spiro atoms. The van der Waals surface area contributed by atoms with Gasteiger partial charge in [0.25, 0.3) is 0 Å². The van der Waals surface area contributed by atoms with Gasteiger partial charge in [-0.1, -0.05) is 146 Å².